The van der Waals surface area contributed by atoms with Crippen molar-refractivity contribution in [1.82, 2.24) is 19.7 Å². The number of aromatic amines is 1. The maximum Gasteiger partial charge on any atom is 0.137 e. The highest BCUT2D eigenvalue weighted by molar-refractivity contribution is 6.08. The van der Waals surface area contributed by atoms with Gasteiger partial charge in [0, 0.05) is 47.1 Å². The molecule has 3 aromatic carbocycles. The summed E-state index contributed by atoms with van der Waals surface area (Å²) >= 11 is 0. The van der Waals surface area contributed by atoms with E-state index in [2.05, 4.69) is 92.8 Å². The van der Waals surface area contributed by atoms with Crippen LogP contribution >= 0.6 is 0 Å². The van der Waals surface area contributed by atoms with Crippen LogP contribution in [0.25, 0.3) is 21.8 Å². The largest absolute Gasteiger partial charge is 0.367 e. The van der Waals surface area contributed by atoms with Crippen LogP contribution in [0.4, 0.5) is 5.69 Å². The summed E-state index contributed by atoms with van der Waals surface area (Å²) in [6.07, 6.45) is 4.37. The molecule has 0 spiro atoms. The third-order valence-corrected chi connectivity index (χ3v) is 5.35. The van der Waals surface area contributed by atoms with Crippen molar-refractivity contribution in [3.8, 4) is 0 Å². The second-order valence-electron chi connectivity index (χ2n) is 7.32. The zero-order valence-electron chi connectivity index (χ0n) is 16.2. The maximum absolute atomic E-state index is 4.22. The van der Waals surface area contributed by atoms with Gasteiger partial charge in [-0.25, -0.2) is 4.98 Å². The number of benzene rings is 3. The smallest absolute Gasteiger partial charge is 0.137 e. The van der Waals surface area contributed by atoms with Crippen LogP contribution in [0.15, 0.2) is 85.5 Å². The Bertz CT molecular complexity index is 1210. The third-order valence-electron chi connectivity index (χ3n) is 5.35. The van der Waals surface area contributed by atoms with Crippen molar-refractivity contribution in [2.24, 2.45) is 0 Å². The summed E-state index contributed by atoms with van der Waals surface area (Å²) in [5, 5.41) is 6.76. The molecular weight excluding hydrogens is 358 g/mol. The first-order chi connectivity index (χ1) is 14.4. The predicted octanol–water partition coefficient (Wildman–Crippen LogP) is 5.01. The molecule has 0 aliphatic carbocycles. The first kappa shape index (κ1) is 17.5. The summed E-state index contributed by atoms with van der Waals surface area (Å²) < 4.78 is 1.89. The second-order valence-corrected chi connectivity index (χ2v) is 7.32. The van der Waals surface area contributed by atoms with Gasteiger partial charge in [-0.15, -0.1) is 0 Å². The molecule has 0 radical (unpaired) electrons. The number of hydrogen-bond donors (Lipinski definition) is 1. The Morgan fingerprint density at radius 2 is 1.69 bits per heavy atom. The molecule has 5 aromatic rings. The van der Waals surface area contributed by atoms with Gasteiger partial charge in [0.15, 0.2) is 0 Å². The topological polar surface area (TPSA) is 49.7 Å². The highest BCUT2D eigenvalue weighted by Crippen LogP contribution is 2.29. The van der Waals surface area contributed by atoms with Crippen LogP contribution in [0, 0.1) is 0 Å². The molecule has 0 atom stereocenters. The summed E-state index contributed by atoms with van der Waals surface area (Å²) in [4.78, 5) is 10.0. The van der Waals surface area contributed by atoms with Gasteiger partial charge in [0.05, 0.1) is 0 Å². The van der Waals surface area contributed by atoms with Crippen LogP contribution in [-0.2, 0) is 13.1 Å². The Kier molecular flexibility index (Phi) is 4.70. The third kappa shape index (κ3) is 3.72. The van der Waals surface area contributed by atoms with Crippen LogP contribution in [0.5, 0.6) is 0 Å². The van der Waals surface area contributed by atoms with E-state index >= 15 is 0 Å². The zero-order valence-corrected chi connectivity index (χ0v) is 16.2. The molecule has 0 fully saturated rings. The van der Waals surface area contributed by atoms with E-state index in [1.165, 1.54) is 33.1 Å². The van der Waals surface area contributed by atoms with Gasteiger partial charge in [-0.05, 0) is 36.2 Å². The number of nitrogens with zero attached hydrogens (tertiary/aromatic N) is 4. The lowest BCUT2D eigenvalue weighted by atomic mass is 10.1. The number of para-hydroxylation sites is 1. The highest BCUT2D eigenvalue weighted by atomic mass is 15.3. The molecule has 0 aliphatic rings. The minimum absolute atomic E-state index is 0.862. The van der Waals surface area contributed by atoms with Crippen molar-refractivity contribution in [2.45, 2.75) is 19.5 Å². The van der Waals surface area contributed by atoms with Crippen molar-refractivity contribution in [3.05, 3.63) is 91.0 Å². The van der Waals surface area contributed by atoms with Crippen molar-refractivity contribution in [1.29, 1.82) is 0 Å². The minimum atomic E-state index is 0.862. The number of fused-ring (bicyclic) bond motifs is 3. The van der Waals surface area contributed by atoms with E-state index in [1.807, 2.05) is 4.68 Å². The van der Waals surface area contributed by atoms with E-state index < -0.39 is 0 Å². The molecule has 0 bridgehead atoms. The van der Waals surface area contributed by atoms with Crippen LogP contribution < -0.4 is 4.90 Å². The fourth-order valence-electron chi connectivity index (χ4n) is 3.91. The van der Waals surface area contributed by atoms with Gasteiger partial charge in [0.1, 0.15) is 12.7 Å². The monoisotopic (exact) mass is 381 g/mol. The molecule has 0 saturated carbocycles. The van der Waals surface area contributed by atoms with Gasteiger partial charge in [-0.2, -0.15) is 5.10 Å². The van der Waals surface area contributed by atoms with Crippen molar-refractivity contribution < 1.29 is 0 Å². The Labute approximate surface area is 169 Å². The number of aromatic nitrogens is 4. The van der Waals surface area contributed by atoms with Gasteiger partial charge >= 0.3 is 0 Å². The van der Waals surface area contributed by atoms with Crippen molar-refractivity contribution >= 4 is 27.5 Å². The minimum Gasteiger partial charge on any atom is -0.367 e. The predicted molar refractivity (Wildman–Crippen MR) is 118 cm³/mol. The Balaban J connectivity index is 1.46. The van der Waals surface area contributed by atoms with E-state index in [-0.39, 0.29) is 0 Å². The molecule has 29 heavy (non-hydrogen) atoms. The standard InChI is InChI=1S/C24H23N5/c1-2-7-19(8-3-1)16-28(13-6-14-29-18-25-17-26-29)20-11-12-24-22(15-20)21-9-4-5-10-23(21)27-24/h1-5,7-12,15,17-18,27H,6,13-14,16H2. The molecule has 5 nitrogen and oxygen atoms in total. The maximum atomic E-state index is 4.22. The molecule has 0 amide bonds. The Hall–Kier alpha value is -3.60. The lowest BCUT2D eigenvalue weighted by Gasteiger charge is -2.25. The number of anilines is 1. The molecule has 0 aliphatic heterocycles. The van der Waals surface area contributed by atoms with Crippen LogP contribution in [0.1, 0.15) is 12.0 Å². The van der Waals surface area contributed by atoms with E-state index in [0.29, 0.717) is 0 Å². The highest BCUT2D eigenvalue weighted by Gasteiger charge is 2.11. The molecule has 5 rings (SSSR count). The molecule has 0 unspecified atom stereocenters. The van der Waals surface area contributed by atoms with E-state index in [1.54, 1.807) is 12.7 Å². The average molecular weight is 381 g/mol. The normalized spacial score (nSPS) is 11.3. The fraction of sp³-hybridized carbons (Fsp3) is 0.167. The number of H-pyrrole nitrogens is 1. The van der Waals surface area contributed by atoms with Crippen LogP contribution in [-0.4, -0.2) is 26.3 Å². The number of nitrogens with one attached hydrogen (secondary N) is 1. The Morgan fingerprint density at radius 1 is 0.862 bits per heavy atom. The van der Waals surface area contributed by atoms with Crippen LogP contribution in [0.3, 0.4) is 0 Å². The lowest BCUT2D eigenvalue weighted by molar-refractivity contribution is 0.567. The van der Waals surface area contributed by atoms with E-state index in [0.717, 1.165) is 26.1 Å². The summed E-state index contributed by atoms with van der Waals surface area (Å²) in [6, 6.07) is 25.9. The van der Waals surface area contributed by atoms with Gasteiger partial charge in [-0.3, -0.25) is 4.68 Å². The second kappa shape index (κ2) is 7.80. The Morgan fingerprint density at radius 3 is 2.55 bits per heavy atom. The molecule has 1 N–H and O–H groups in total. The molecule has 2 heterocycles. The lowest BCUT2D eigenvalue weighted by Crippen LogP contribution is -2.25. The summed E-state index contributed by atoms with van der Waals surface area (Å²) in [6.45, 7) is 2.69. The van der Waals surface area contributed by atoms with Gasteiger partial charge < -0.3 is 9.88 Å². The number of hydrogen-bond acceptors (Lipinski definition) is 3. The van der Waals surface area contributed by atoms with Gasteiger partial charge in [0.2, 0.25) is 0 Å². The molecular formula is C24H23N5. The van der Waals surface area contributed by atoms with Gasteiger partial charge in [0.25, 0.3) is 0 Å². The number of aryl methyl sites for hydroxylation is 1. The van der Waals surface area contributed by atoms with Gasteiger partial charge in [-0.1, -0.05) is 48.5 Å². The first-order valence-electron chi connectivity index (χ1n) is 9.98. The van der Waals surface area contributed by atoms with Crippen molar-refractivity contribution in [3.63, 3.8) is 0 Å². The molecule has 0 saturated heterocycles. The molecule has 5 heteroatoms. The van der Waals surface area contributed by atoms with E-state index in [9.17, 15) is 0 Å². The SMILES string of the molecule is c1ccc(CN(CCCn2cncn2)c2ccc3[nH]c4ccccc4c3c2)cc1. The number of rotatable bonds is 7. The fourth-order valence-corrected chi connectivity index (χ4v) is 3.91. The summed E-state index contributed by atoms with van der Waals surface area (Å²) in [5.41, 5.74) is 4.91. The first-order valence-corrected chi connectivity index (χ1v) is 9.98. The van der Waals surface area contributed by atoms with E-state index in [4.69, 9.17) is 0 Å². The molecule has 144 valence electrons. The van der Waals surface area contributed by atoms with Crippen LogP contribution in [0.2, 0.25) is 0 Å². The molecule has 2 aromatic heterocycles. The zero-order chi connectivity index (χ0) is 19.5. The average Bonchev–Trinajstić information content (AvgIpc) is 3.41. The quantitative estimate of drug-likeness (QED) is 0.431. The van der Waals surface area contributed by atoms with Crippen molar-refractivity contribution in [2.75, 3.05) is 11.4 Å². The summed E-state index contributed by atoms with van der Waals surface area (Å²) in [7, 11) is 0. The summed E-state index contributed by atoms with van der Waals surface area (Å²) in [5.74, 6) is 0.